The molecular weight excluding hydrogens is 456 g/mol. The fourth-order valence-electron chi connectivity index (χ4n) is 3.53. The van der Waals surface area contributed by atoms with E-state index in [1.54, 1.807) is 48.8 Å². The Balaban J connectivity index is 1.50. The molecule has 4 aromatic rings. The average Bonchev–Trinajstić information content (AvgIpc) is 3.27. The van der Waals surface area contributed by atoms with Crippen LogP contribution >= 0.6 is 11.3 Å². The molecule has 8 heteroatoms. The lowest BCUT2D eigenvalue weighted by Crippen LogP contribution is -2.19. The van der Waals surface area contributed by atoms with Crippen molar-refractivity contribution >= 4 is 31.3 Å². The Bertz CT molecular complexity index is 1330. The molecule has 1 unspecified atom stereocenters. The van der Waals surface area contributed by atoms with Crippen molar-refractivity contribution in [2.45, 2.75) is 42.3 Å². The molecule has 2 aromatic heterocycles. The van der Waals surface area contributed by atoms with Gasteiger partial charge in [-0.15, -0.1) is 11.3 Å². The van der Waals surface area contributed by atoms with E-state index < -0.39 is 16.1 Å². The zero-order valence-corrected chi connectivity index (χ0v) is 20.3. The maximum absolute atomic E-state index is 13.3. The molecule has 0 saturated carbocycles. The molecule has 2 aromatic carbocycles. The Labute approximate surface area is 197 Å². The van der Waals surface area contributed by atoms with Gasteiger partial charge < -0.3 is 9.84 Å². The summed E-state index contributed by atoms with van der Waals surface area (Å²) >= 11 is 1.48. The molecule has 33 heavy (non-hydrogen) atoms. The maximum Gasteiger partial charge on any atom is 0.210 e. The normalized spacial score (nSPS) is 12.9. The fourth-order valence-corrected chi connectivity index (χ4v) is 5.98. The molecule has 4 rings (SSSR count). The smallest absolute Gasteiger partial charge is 0.210 e. The van der Waals surface area contributed by atoms with Gasteiger partial charge >= 0.3 is 0 Å². The van der Waals surface area contributed by atoms with E-state index in [4.69, 9.17) is 4.74 Å². The minimum absolute atomic E-state index is 0.164. The monoisotopic (exact) mass is 482 g/mol. The lowest BCUT2D eigenvalue weighted by atomic mass is 10.0. The Hall–Kier alpha value is -2.78. The van der Waals surface area contributed by atoms with Crippen LogP contribution < -0.4 is 10.1 Å². The zero-order valence-electron chi connectivity index (χ0n) is 18.6. The number of thiophene rings is 1. The number of aliphatic hydroxyl groups excluding tert-OH is 1. The summed E-state index contributed by atoms with van der Waals surface area (Å²) < 4.78 is 32.9. The van der Waals surface area contributed by atoms with E-state index in [2.05, 4.69) is 10.3 Å². The highest BCUT2D eigenvalue weighted by atomic mass is 32.2. The molecule has 0 saturated heterocycles. The first-order valence-electron chi connectivity index (χ1n) is 10.6. The number of methoxy groups -OCH3 is 1. The number of aromatic nitrogens is 1. The molecule has 0 aliphatic heterocycles. The predicted octanol–water partition coefficient (Wildman–Crippen LogP) is 5.04. The van der Waals surface area contributed by atoms with Crippen LogP contribution in [-0.4, -0.2) is 25.6 Å². The molecule has 2 heterocycles. The number of benzene rings is 2. The van der Waals surface area contributed by atoms with Crippen LogP contribution in [0.4, 0.5) is 0 Å². The Morgan fingerprint density at radius 2 is 1.85 bits per heavy atom. The predicted molar refractivity (Wildman–Crippen MR) is 130 cm³/mol. The number of fused-ring (bicyclic) bond motifs is 1. The number of sulfone groups is 1. The van der Waals surface area contributed by atoms with Crippen molar-refractivity contribution in [2.24, 2.45) is 0 Å². The average molecular weight is 483 g/mol. The summed E-state index contributed by atoms with van der Waals surface area (Å²) in [5.41, 5.74) is 1.79. The van der Waals surface area contributed by atoms with Crippen molar-refractivity contribution in [3.63, 3.8) is 0 Å². The number of aliphatic hydroxyl groups is 1. The minimum Gasteiger partial charge on any atom is -0.495 e. The molecule has 0 aliphatic rings. The SMILES string of the molecule is COc1ccc(C(C)C)cc1S(=O)(=O)c1ccc(CNC(O)c2cc3ccncc3s2)cc1. The molecule has 0 radical (unpaired) electrons. The summed E-state index contributed by atoms with van der Waals surface area (Å²) in [5.74, 6) is 0.522. The summed E-state index contributed by atoms with van der Waals surface area (Å²) in [7, 11) is -2.27. The second-order valence-corrected chi connectivity index (χ2v) is 11.1. The summed E-state index contributed by atoms with van der Waals surface area (Å²) in [4.78, 5) is 5.27. The van der Waals surface area contributed by atoms with E-state index in [1.807, 2.05) is 32.0 Å². The molecule has 0 spiro atoms. The van der Waals surface area contributed by atoms with Crippen LogP contribution in [-0.2, 0) is 16.4 Å². The Morgan fingerprint density at radius 3 is 2.52 bits per heavy atom. The molecule has 172 valence electrons. The van der Waals surface area contributed by atoms with Crippen molar-refractivity contribution in [3.05, 3.63) is 83.0 Å². The van der Waals surface area contributed by atoms with Gasteiger partial charge in [0.05, 0.1) is 16.7 Å². The summed E-state index contributed by atoms with van der Waals surface area (Å²) in [5, 5.41) is 14.6. The van der Waals surface area contributed by atoms with Gasteiger partial charge in [-0.3, -0.25) is 10.3 Å². The van der Waals surface area contributed by atoms with Gasteiger partial charge in [-0.1, -0.05) is 32.0 Å². The van der Waals surface area contributed by atoms with Crippen molar-refractivity contribution in [3.8, 4) is 5.75 Å². The molecule has 6 nitrogen and oxygen atoms in total. The second-order valence-electron chi connectivity index (χ2n) is 8.06. The second kappa shape index (κ2) is 9.61. The van der Waals surface area contributed by atoms with E-state index in [0.717, 1.165) is 26.1 Å². The van der Waals surface area contributed by atoms with Gasteiger partial charge in [0.15, 0.2) is 0 Å². The first kappa shape index (κ1) is 23.4. The number of ether oxygens (including phenoxy) is 1. The van der Waals surface area contributed by atoms with E-state index >= 15 is 0 Å². The van der Waals surface area contributed by atoms with E-state index in [1.165, 1.54) is 18.4 Å². The summed E-state index contributed by atoms with van der Waals surface area (Å²) in [6.45, 7) is 4.43. The van der Waals surface area contributed by atoms with Gasteiger partial charge in [-0.2, -0.15) is 0 Å². The highest BCUT2D eigenvalue weighted by molar-refractivity contribution is 7.91. The van der Waals surface area contributed by atoms with E-state index in [9.17, 15) is 13.5 Å². The first-order valence-corrected chi connectivity index (χ1v) is 12.9. The topological polar surface area (TPSA) is 88.5 Å². The van der Waals surface area contributed by atoms with E-state index in [-0.39, 0.29) is 15.7 Å². The Morgan fingerprint density at radius 1 is 1.09 bits per heavy atom. The fraction of sp³-hybridized carbons (Fsp3) is 0.240. The van der Waals surface area contributed by atoms with Gasteiger partial charge in [0.25, 0.3) is 0 Å². The number of hydrogen-bond donors (Lipinski definition) is 2. The lowest BCUT2D eigenvalue weighted by molar-refractivity contribution is 0.141. The van der Waals surface area contributed by atoms with Crippen LogP contribution in [0.2, 0.25) is 0 Å². The first-order chi connectivity index (χ1) is 15.8. The van der Waals surface area contributed by atoms with Crippen molar-refractivity contribution in [1.29, 1.82) is 0 Å². The molecular formula is C25H26N2O4S2. The largest absolute Gasteiger partial charge is 0.495 e. The number of pyridine rings is 1. The minimum atomic E-state index is -3.74. The number of nitrogens with one attached hydrogen (secondary N) is 1. The molecule has 0 bridgehead atoms. The third kappa shape index (κ3) is 4.94. The number of rotatable bonds is 8. The molecule has 2 N–H and O–H groups in total. The van der Waals surface area contributed by atoms with Gasteiger partial charge in [-0.05, 0) is 58.8 Å². The van der Waals surface area contributed by atoms with Crippen LogP contribution in [0, 0.1) is 0 Å². The summed E-state index contributed by atoms with van der Waals surface area (Å²) in [6, 6.07) is 15.8. The zero-order chi connectivity index (χ0) is 23.6. The van der Waals surface area contributed by atoms with Gasteiger partial charge in [-0.25, -0.2) is 8.42 Å². The van der Waals surface area contributed by atoms with Gasteiger partial charge in [0.1, 0.15) is 16.9 Å². The third-order valence-corrected chi connectivity index (χ3v) is 8.42. The van der Waals surface area contributed by atoms with Crippen molar-refractivity contribution in [1.82, 2.24) is 10.3 Å². The van der Waals surface area contributed by atoms with Crippen LogP contribution in [0.3, 0.4) is 0 Å². The highest BCUT2D eigenvalue weighted by Crippen LogP contribution is 2.32. The molecule has 0 amide bonds. The maximum atomic E-state index is 13.3. The van der Waals surface area contributed by atoms with Crippen LogP contribution in [0.15, 0.2) is 76.8 Å². The van der Waals surface area contributed by atoms with Gasteiger partial charge in [0.2, 0.25) is 9.84 Å². The van der Waals surface area contributed by atoms with Crippen LogP contribution in [0.5, 0.6) is 5.75 Å². The van der Waals surface area contributed by atoms with Crippen molar-refractivity contribution in [2.75, 3.05) is 7.11 Å². The summed E-state index contributed by atoms with van der Waals surface area (Å²) in [6.07, 6.45) is 2.68. The van der Waals surface area contributed by atoms with E-state index in [0.29, 0.717) is 12.3 Å². The van der Waals surface area contributed by atoms with Crippen LogP contribution in [0.1, 0.15) is 42.0 Å². The van der Waals surface area contributed by atoms with Crippen LogP contribution in [0.25, 0.3) is 10.1 Å². The Kier molecular flexibility index (Phi) is 6.81. The highest BCUT2D eigenvalue weighted by Gasteiger charge is 2.23. The third-order valence-electron chi connectivity index (χ3n) is 5.49. The van der Waals surface area contributed by atoms with Gasteiger partial charge in [0, 0.05) is 23.8 Å². The van der Waals surface area contributed by atoms with Crippen molar-refractivity contribution < 1.29 is 18.3 Å². The quantitative estimate of drug-likeness (QED) is 0.342. The molecule has 0 aliphatic carbocycles. The molecule has 1 atom stereocenters. The lowest BCUT2D eigenvalue weighted by Gasteiger charge is -2.14. The molecule has 0 fully saturated rings. The number of nitrogens with zero attached hydrogens (tertiary/aromatic N) is 1. The number of hydrogen-bond acceptors (Lipinski definition) is 7. The standard InChI is InChI=1S/C25H26N2O4S2/c1-16(2)18-6-9-21(31-3)24(13-18)33(29,30)20-7-4-17(5-8-20)14-27-25(28)22-12-19-10-11-26-15-23(19)32-22/h4-13,15-16,25,27-28H,14H2,1-3H3.